The van der Waals surface area contributed by atoms with Crippen molar-refractivity contribution in [2.75, 3.05) is 12.4 Å². The Morgan fingerprint density at radius 3 is 1.20 bits per heavy atom. The van der Waals surface area contributed by atoms with E-state index in [4.69, 9.17) is 9.84 Å². The maximum Gasteiger partial charge on any atom is 0.341 e. The lowest BCUT2D eigenvalue weighted by Crippen LogP contribution is -2.09. The number of rotatable bonds is 12. The first-order chi connectivity index (χ1) is 25.1. The molecule has 0 saturated heterocycles. The second-order valence-electron chi connectivity index (χ2n) is 12.1. The van der Waals surface area contributed by atoms with E-state index in [-0.39, 0.29) is 6.61 Å². The highest BCUT2D eigenvalue weighted by atomic mass is 32.2. The molecule has 0 unspecified atom stereocenters. The second-order valence-corrected chi connectivity index (χ2v) is 13.2. The molecule has 248 valence electrons. The number of benzene rings is 7. The zero-order valence-corrected chi connectivity index (χ0v) is 28.8. The molecule has 0 saturated carbocycles. The molecule has 7 aromatic rings. The quantitative estimate of drug-likeness (QED) is 0.131. The Balaban J connectivity index is 1.12. The molecule has 0 fully saturated rings. The number of hydrogen-bond acceptors (Lipinski definition) is 3. The monoisotopic (exact) mass is 680 g/mol. The van der Waals surface area contributed by atoms with Gasteiger partial charge < -0.3 is 9.84 Å². The van der Waals surface area contributed by atoms with Crippen molar-refractivity contribution >= 4 is 23.3 Å². The largest absolute Gasteiger partial charge is 0.482 e. The molecule has 7 rings (SSSR count). The molecule has 51 heavy (non-hydrogen) atoms. The van der Waals surface area contributed by atoms with Gasteiger partial charge in [0.1, 0.15) is 5.75 Å². The lowest BCUT2D eigenvalue weighted by molar-refractivity contribution is -0.139. The summed E-state index contributed by atoms with van der Waals surface area (Å²) in [6, 6.07) is 63.6. The molecule has 0 bridgehead atoms. The van der Waals surface area contributed by atoms with E-state index in [9.17, 15) is 4.79 Å². The van der Waals surface area contributed by atoms with E-state index >= 15 is 0 Å². The van der Waals surface area contributed by atoms with E-state index in [1.165, 1.54) is 50.1 Å². The average molecular weight is 681 g/mol. The molecule has 7 aromatic carbocycles. The van der Waals surface area contributed by atoms with Crippen molar-refractivity contribution in [3.05, 3.63) is 199 Å². The van der Waals surface area contributed by atoms with Crippen LogP contribution in [-0.2, 0) is 4.79 Å². The normalized spacial score (nSPS) is 10.7. The Morgan fingerprint density at radius 1 is 0.471 bits per heavy atom. The zero-order valence-electron chi connectivity index (χ0n) is 28.0. The number of thioether (sulfide) groups is 1. The standard InChI is InChI=1S/C47H36O3S/c48-47(49)33-50-44-27-29-45(30-28-44)51-32-31-46(42-23-19-40(20-24-42)38-15-11-36(12-16-38)34-7-3-1-4-8-34)43-25-21-41(22-26-43)39-17-13-37(14-18-39)35-9-5-2-6-10-35/h1-31H,32-33H2,(H,48,49). The summed E-state index contributed by atoms with van der Waals surface area (Å²) in [4.78, 5) is 11.9. The minimum absolute atomic E-state index is 0.353. The fourth-order valence-electron chi connectivity index (χ4n) is 6.06. The van der Waals surface area contributed by atoms with Gasteiger partial charge in [-0.1, -0.05) is 164 Å². The lowest BCUT2D eigenvalue weighted by atomic mass is 9.93. The molecule has 0 aliphatic carbocycles. The fourth-order valence-corrected chi connectivity index (χ4v) is 6.83. The summed E-state index contributed by atoms with van der Waals surface area (Å²) >= 11 is 1.72. The minimum Gasteiger partial charge on any atom is -0.482 e. The van der Waals surface area contributed by atoms with Gasteiger partial charge >= 0.3 is 5.97 Å². The average Bonchev–Trinajstić information content (AvgIpc) is 3.20. The van der Waals surface area contributed by atoms with Gasteiger partial charge in [-0.3, -0.25) is 0 Å². The number of hydrogen-bond donors (Lipinski definition) is 1. The summed E-state index contributed by atoms with van der Waals surface area (Å²) in [5, 5.41) is 8.89. The van der Waals surface area contributed by atoms with Crippen LogP contribution in [0, 0.1) is 0 Å². The molecule has 4 heteroatoms. The summed E-state index contributed by atoms with van der Waals surface area (Å²) in [7, 11) is 0. The zero-order chi connectivity index (χ0) is 34.8. The third-order valence-corrected chi connectivity index (χ3v) is 9.70. The molecule has 0 spiro atoms. The SMILES string of the molecule is O=C(O)COc1ccc(SCC=C(c2ccc(-c3ccc(-c4ccccc4)cc3)cc2)c2ccc(-c3ccc(-c4ccccc4)cc3)cc2)cc1. The highest BCUT2D eigenvalue weighted by Crippen LogP contribution is 2.32. The van der Waals surface area contributed by atoms with Crippen LogP contribution in [0.3, 0.4) is 0 Å². The molecule has 1 N–H and O–H groups in total. The van der Waals surface area contributed by atoms with Gasteiger partial charge in [-0.15, -0.1) is 11.8 Å². The highest BCUT2D eigenvalue weighted by molar-refractivity contribution is 7.99. The van der Waals surface area contributed by atoms with Crippen molar-refractivity contribution in [1.29, 1.82) is 0 Å². The van der Waals surface area contributed by atoms with Crippen LogP contribution < -0.4 is 4.74 Å². The van der Waals surface area contributed by atoms with Crippen molar-refractivity contribution < 1.29 is 14.6 Å². The van der Waals surface area contributed by atoms with Gasteiger partial charge in [0.2, 0.25) is 0 Å². The Hall–Kier alpha value is -6.10. The smallest absolute Gasteiger partial charge is 0.341 e. The number of carbonyl (C=O) groups is 1. The lowest BCUT2D eigenvalue weighted by Gasteiger charge is -2.12. The maximum atomic E-state index is 10.8. The van der Waals surface area contributed by atoms with Gasteiger partial charge in [0.15, 0.2) is 6.61 Å². The van der Waals surface area contributed by atoms with Crippen molar-refractivity contribution in [2.45, 2.75) is 4.90 Å². The Kier molecular flexibility index (Phi) is 10.5. The van der Waals surface area contributed by atoms with Crippen LogP contribution in [-0.4, -0.2) is 23.4 Å². The summed E-state index contributed by atoms with van der Waals surface area (Å²) in [6.07, 6.45) is 2.28. The van der Waals surface area contributed by atoms with Gasteiger partial charge in [0, 0.05) is 10.6 Å². The van der Waals surface area contributed by atoms with Gasteiger partial charge in [0.25, 0.3) is 0 Å². The summed E-state index contributed by atoms with van der Waals surface area (Å²) in [5.41, 5.74) is 13.0. The molecule has 0 aromatic heterocycles. The molecule has 0 aliphatic heterocycles. The molecule has 0 amide bonds. The first-order valence-electron chi connectivity index (χ1n) is 16.9. The number of aliphatic carboxylic acids is 1. The van der Waals surface area contributed by atoms with Gasteiger partial charge in [0.05, 0.1) is 0 Å². The van der Waals surface area contributed by atoms with Crippen LogP contribution in [0.4, 0.5) is 0 Å². The molecular formula is C47H36O3S. The minimum atomic E-state index is -0.992. The van der Waals surface area contributed by atoms with E-state index < -0.39 is 5.97 Å². The first kappa shape index (κ1) is 33.4. The van der Waals surface area contributed by atoms with E-state index in [0.29, 0.717) is 5.75 Å². The van der Waals surface area contributed by atoms with Crippen LogP contribution in [0.15, 0.2) is 193 Å². The van der Waals surface area contributed by atoms with E-state index in [1.807, 2.05) is 36.4 Å². The van der Waals surface area contributed by atoms with Crippen molar-refractivity contribution in [3.63, 3.8) is 0 Å². The first-order valence-corrected chi connectivity index (χ1v) is 17.9. The Bertz CT molecular complexity index is 2080. The van der Waals surface area contributed by atoms with Gasteiger partial charge in [-0.2, -0.15) is 0 Å². The fraction of sp³-hybridized carbons (Fsp3) is 0.0426. The van der Waals surface area contributed by atoms with Crippen molar-refractivity contribution in [1.82, 2.24) is 0 Å². The molecular weight excluding hydrogens is 645 g/mol. The molecule has 3 nitrogen and oxygen atoms in total. The van der Waals surface area contributed by atoms with E-state index in [2.05, 4.69) is 152 Å². The number of ether oxygens (including phenoxy) is 1. The maximum absolute atomic E-state index is 10.8. The highest BCUT2D eigenvalue weighted by Gasteiger charge is 2.09. The number of carboxylic acid groups (broad SMARTS) is 1. The molecule has 0 radical (unpaired) electrons. The van der Waals surface area contributed by atoms with Gasteiger partial charge in [-0.05, 0) is 85.5 Å². The summed E-state index contributed by atoms with van der Waals surface area (Å²) < 4.78 is 5.30. The third kappa shape index (κ3) is 8.56. The van der Waals surface area contributed by atoms with E-state index in [1.54, 1.807) is 11.8 Å². The topological polar surface area (TPSA) is 46.5 Å². The van der Waals surface area contributed by atoms with Crippen molar-refractivity contribution in [2.24, 2.45) is 0 Å². The third-order valence-electron chi connectivity index (χ3n) is 8.77. The predicted molar refractivity (Wildman–Crippen MR) is 212 cm³/mol. The Labute approximate surface area is 303 Å². The predicted octanol–water partition coefficient (Wildman–Crippen LogP) is 12.0. The summed E-state index contributed by atoms with van der Waals surface area (Å²) in [5.74, 6) is 0.312. The molecule has 0 aliphatic rings. The van der Waals surface area contributed by atoms with Gasteiger partial charge in [-0.25, -0.2) is 4.79 Å². The van der Waals surface area contributed by atoms with Crippen LogP contribution in [0.25, 0.3) is 50.1 Å². The van der Waals surface area contributed by atoms with Crippen LogP contribution >= 0.6 is 11.8 Å². The Morgan fingerprint density at radius 2 is 0.824 bits per heavy atom. The molecule has 0 atom stereocenters. The van der Waals surface area contributed by atoms with Crippen LogP contribution in [0.5, 0.6) is 5.75 Å². The molecule has 0 heterocycles. The van der Waals surface area contributed by atoms with Crippen molar-refractivity contribution in [3.8, 4) is 50.3 Å². The summed E-state index contributed by atoms with van der Waals surface area (Å²) in [6.45, 7) is -0.353. The van der Waals surface area contributed by atoms with Crippen LogP contribution in [0.1, 0.15) is 11.1 Å². The van der Waals surface area contributed by atoms with Crippen LogP contribution in [0.2, 0.25) is 0 Å². The second kappa shape index (κ2) is 16.1. The van der Waals surface area contributed by atoms with E-state index in [0.717, 1.165) is 21.8 Å². The number of carboxylic acids is 1.